The molecule has 0 saturated heterocycles. The molecule has 0 spiro atoms. The van der Waals surface area contributed by atoms with Gasteiger partial charge in [0.25, 0.3) is 0 Å². The van der Waals surface area contributed by atoms with Crippen LogP contribution in [-0.4, -0.2) is 52.6 Å². The van der Waals surface area contributed by atoms with E-state index in [1.807, 2.05) is 0 Å². The summed E-state index contributed by atoms with van der Waals surface area (Å²) in [6.45, 7) is 0.532. The topological polar surface area (TPSA) is 133 Å². The summed E-state index contributed by atoms with van der Waals surface area (Å²) in [6.07, 6.45) is 0. The van der Waals surface area contributed by atoms with Gasteiger partial charge in [-0.2, -0.15) is 0 Å². The van der Waals surface area contributed by atoms with Crippen LogP contribution in [0.1, 0.15) is 24.0 Å². The van der Waals surface area contributed by atoms with E-state index in [2.05, 4.69) is 5.32 Å². The molecule has 1 unspecified atom stereocenters. The summed E-state index contributed by atoms with van der Waals surface area (Å²) < 4.78 is 76.9. The standard InChI is InChI=1S/C25H23ClFNO8S2/c1-15-21(25(30)36-13-20(29)35-12-16-6-3-2-4-7-16)23(22-17(26)8-5-9-18(22)27)24-19(28-15)14-37(31,32)10-11-38(24,33)34/h2-9,23,28H,10-14H2,1H3. The van der Waals surface area contributed by atoms with E-state index >= 15 is 4.39 Å². The molecular weight excluding hydrogens is 561 g/mol. The number of ether oxygens (including phenoxy) is 2. The minimum Gasteiger partial charge on any atom is -0.458 e. The van der Waals surface area contributed by atoms with Gasteiger partial charge in [-0.25, -0.2) is 30.8 Å². The maximum Gasteiger partial charge on any atom is 0.344 e. The van der Waals surface area contributed by atoms with Crippen LogP contribution in [0.15, 0.2) is 70.4 Å². The molecule has 0 bridgehead atoms. The summed E-state index contributed by atoms with van der Waals surface area (Å²) in [4.78, 5) is 25.0. The quantitative estimate of drug-likeness (QED) is 0.510. The SMILES string of the molecule is CC1=C(C(=O)OCC(=O)OCc2ccccc2)C(c2c(F)cccc2Cl)C2=C(CS(=O)(=O)CCS2(=O)=O)N1. The molecular formula is C25H23ClFNO8S2. The minimum atomic E-state index is -4.30. The van der Waals surface area contributed by atoms with Crippen LogP contribution >= 0.6 is 11.6 Å². The van der Waals surface area contributed by atoms with Crippen molar-refractivity contribution in [3.8, 4) is 0 Å². The molecule has 2 aromatic rings. The molecule has 2 aliphatic heterocycles. The average Bonchev–Trinajstić information content (AvgIpc) is 2.94. The third-order valence-corrected chi connectivity index (χ3v) is 10.1. The van der Waals surface area contributed by atoms with E-state index in [1.54, 1.807) is 30.3 Å². The monoisotopic (exact) mass is 583 g/mol. The largest absolute Gasteiger partial charge is 0.458 e. The minimum absolute atomic E-state index is 0.0306. The van der Waals surface area contributed by atoms with E-state index in [0.29, 0.717) is 5.56 Å². The van der Waals surface area contributed by atoms with Crippen molar-refractivity contribution in [2.75, 3.05) is 23.9 Å². The molecule has 2 aromatic carbocycles. The Kier molecular flexibility index (Phi) is 7.96. The lowest BCUT2D eigenvalue weighted by molar-refractivity contribution is -0.157. The van der Waals surface area contributed by atoms with Crippen molar-refractivity contribution >= 4 is 43.2 Å². The van der Waals surface area contributed by atoms with Gasteiger partial charge in [0.05, 0.1) is 33.7 Å². The molecule has 13 heteroatoms. The summed E-state index contributed by atoms with van der Waals surface area (Å²) in [7, 11) is -8.13. The molecule has 0 aromatic heterocycles. The number of benzene rings is 2. The Morgan fingerprint density at radius 1 is 1.03 bits per heavy atom. The lowest BCUT2D eigenvalue weighted by atomic mass is 9.86. The highest BCUT2D eigenvalue weighted by molar-refractivity contribution is 7.98. The second-order valence-corrected chi connectivity index (χ2v) is 13.4. The maximum absolute atomic E-state index is 15.1. The first-order valence-corrected chi connectivity index (χ1v) is 15.2. The number of sulfone groups is 2. The fourth-order valence-corrected chi connectivity index (χ4v) is 8.69. The van der Waals surface area contributed by atoms with Crippen molar-refractivity contribution in [2.45, 2.75) is 19.4 Å². The Balaban J connectivity index is 1.69. The van der Waals surface area contributed by atoms with Crippen LogP contribution in [0.25, 0.3) is 0 Å². The van der Waals surface area contributed by atoms with Crippen LogP contribution in [0, 0.1) is 5.82 Å². The molecule has 0 radical (unpaired) electrons. The van der Waals surface area contributed by atoms with Gasteiger partial charge in [-0.15, -0.1) is 0 Å². The molecule has 0 saturated carbocycles. The van der Waals surface area contributed by atoms with Crippen molar-refractivity contribution < 1.29 is 40.3 Å². The first kappa shape index (κ1) is 27.8. The molecule has 0 amide bonds. The van der Waals surface area contributed by atoms with Gasteiger partial charge < -0.3 is 14.8 Å². The number of carbonyl (C=O) groups is 2. The van der Waals surface area contributed by atoms with E-state index in [0.717, 1.165) is 6.07 Å². The molecule has 38 heavy (non-hydrogen) atoms. The van der Waals surface area contributed by atoms with Crippen molar-refractivity contribution in [1.82, 2.24) is 5.32 Å². The fraction of sp³-hybridized carbons (Fsp3) is 0.280. The number of hydrogen-bond acceptors (Lipinski definition) is 9. The predicted molar refractivity (Wildman–Crippen MR) is 137 cm³/mol. The van der Waals surface area contributed by atoms with Crippen LogP contribution in [0.3, 0.4) is 0 Å². The third kappa shape index (κ3) is 5.92. The smallest absolute Gasteiger partial charge is 0.344 e. The predicted octanol–water partition coefficient (Wildman–Crippen LogP) is 2.78. The van der Waals surface area contributed by atoms with Crippen LogP contribution in [-0.2, 0) is 45.3 Å². The Labute approximate surface area is 224 Å². The third-order valence-electron chi connectivity index (χ3n) is 6.03. The number of esters is 2. The molecule has 1 N–H and O–H groups in total. The van der Waals surface area contributed by atoms with Crippen molar-refractivity contribution in [3.05, 3.63) is 92.4 Å². The zero-order valence-electron chi connectivity index (χ0n) is 20.1. The van der Waals surface area contributed by atoms with Crippen LogP contribution in [0.2, 0.25) is 5.02 Å². The number of allylic oxidation sites excluding steroid dienone is 2. The summed E-state index contributed by atoms with van der Waals surface area (Å²) in [6, 6.07) is 12.5. The normalized spacial score (nSPS) is 20.1. The van der Waals surface area contributed by atoms with Gasteiger partial charge >= 0.3 is 11.9 Å². The van der Waals surface area contributed by atoms with Crippen LogP contribution in [0.4, 0.5) is 4.39 Å². The second-order valence-electron chi connectivity index (χ2n) is 8.71. The van der Waals surface area contributed by atoms with E-state index in [-0.39, 0.29) is 34.2 Å². The van der Waals surface area contributed by atoms with Gasteiger partial charge in [0.1, 0.15) is 12.4 Å². The fourth-order valence-electron chi connectivity index (χ4n) is 4.31. The van der Waals surface area contributed by atoms with E-state index < -0.39 is 72.1 Å². The summed E-state index contributed by atoms with van der Waals surface area (Å²) in [5.41, 5.74) is -0.103. The lowest BCUT2D eigenvalue weighted by Gasteiger charge is -2.31. The van der Waals surface area contributed by atoms with E-state index in [1.165, 1.54) is 19.1 Å². The molecule has 2 aliphatic rings. The molecule has 1 atom stereocenters. The van der Waals surface area contributed by atoms with Crippen LogP contribution < -0.4 is 5.32 Å². The molecule has 0 fully saturated rings. The Hall–Kier alpha value is -3.22. The highest BCUT2D eigenvalue weighted by Gasteiger charge is 2.45. The van der Waals surface area contributed by atoms with Crippen molar-refractivity contribution in [3.63, 3.8) is 0 Å². The highest BCUT2D eigenvalue weighted by Crippen LogP contribution is 2.45. The van der Waals surface area contributed by atoms with Crippen molar-refractivity contribution in [1.29, 1.82) is 0 Å². The zero-order valence-corrected chi connectivity index (χ0v) is 22.5. The average molecular weight is 584 g/mol. The first-order chi connectivity index (χ1) is 17.9. The number of rotatable bonds is 6. The molecule has 9 nitrogen and oxygen atoms in total. The van der Waals surface area contributed by atoms with Crippen LogP contribution in [0.5, 0.6) is 0 Å². The van der Waals surface area contributed by atoms with Gasteiger partial charge in [-0.05, 0) is 24.6 Å². The first-order valence-electron chi connectivity index (χ1n) is 11.3. The number of halogens is 2. The number of hydrogen-bond donors (Lipinski definition) is 1. The molecule has 202 valence electrons. The van der Waals surface area contributed by atoms with Gasteiger partial charge in [-0.1, -0.05) is 48.0 Å². The summed E-state index contributed by atoms with van der Waals surface area (Å²) >= 11 is 6.28. The number of dihydropyridines is 1. The van der Waals surface area contributed by atoms with Gasteiger partial charge in [-0.3, -0.25) is 0 Å². The van der Waals surface area contributed by atoms with E-state index in [9.17, 15) is 26.4 Å². The van der Waals surface area contributed by atoms with Gasteiger partial charge in [0.2, 0.25) is 0 Å². The van der Waals surface area contributed by atoms with E-state index in [4.69, 9.17) is 21.1 Å². The number of carbonyl (C=O) groups excluding carboxylic acids is 2. The number of nitrogens with one attached hydrogen (secondary N) is 1. The molecule has 0 aliphatic carbocycles. The summed E-state index contributed by atoms with van der Waals surface area (Å²) in [5.74, 6) is -6.55. The summed E-state index contributed by atoms with van der Waals surface area (Å²) in [5, 5.41) is 2.52. The zero-order chi connectivity index (χ0) is 27.7. The Morgan fingerprint density at radius 2 is 1.74 bits per heavy atom. The Morgan fingerprint density at radius 3 is 2.42 bits per heavy atom. The highest BCUT2D eigenvalue weighted by atomic mass is 35.5. The van der Waals surface area contributed by atoms with Gasteiger partial charge in [0.15, 0.2) is 26.3 Å². The lowest BCUT2D eigenvalue weighted by Crippen LogP contribution is -2.34. The molecule has 4 rings (SSSR count). The molecule has 2 heterocycles. The van der Waals surface area contributed by atoms with Crippen molar-refractivity contribution in [2.24, 2.45) is 0 Å². The van der Waals surface area contributed by atoms with Gasteiger partial charge in [0, 0.05) is 22.0 Å². The maximum atomic E-state index is 15.1. The Bertz CT molecular complexity index is 1550. The second kappa shape index (κ2) is 10.9.